The van der Waals surface area contributed by atoms with Crippen LogP contribution in [0.2, 0.25) is 0 Å². The summed E-state index contributed by atoms with van der Waals surface area (Å²) < 4.78 is 5.31. The molecule has 1 aliphatic heterocycles. The molecule has 2 aliphatic rings. The summed E-state index contributed by atoms with van der Waals surface area (Å²) in [5.74, 6) is -0.150. The first-order chi connectivity index (χ1) is 9.52. The number of benzene rings is 1. The van der Waals surface area contributed by atoms with Crippen LogP contribution < -0.4 is 11.1 Å². The highest BCUT2D eigenvalue weighted by atomic mass is 16.5. The zero-order chi connectivity index (χ0) is 14.3. The molecule has 3 rings (SSSR count). The Kier molecular flexibility index (Phi) is 3.28. The van der Waals surface area contributed by atoms with Gasteiger partial charge < -0.3 is 20.9 Å². The smallest absolute Gasteiger partial charge is 0.230 e. The summed E-state index contributed by atoms with van der Waals surface area (Å²) in [6.07, 6.45) is -0.0149. The van der Waals surface area contributed by atoms with Crippen LogP contribution in [0, 0.1) is 5.41 Å². The molecule has 1 heterocycles. The highest BCUT2D eigenvalue weighted by molar-refractivity contribution is 5.84. The number of amides is 1. The molecule has 20 heavy (non-hydrogen) atoms. The predicted octanol–water partition coefficient (Wildman–Crippen LogP) is 0.125. The number of aliphatic hydroxyl groups excluding tert-OH is 1. The molecule has 1 aromatic carbocycles. The molecule has 0 bridgehead atoms. The maximum Gasteiger partial charge on any atom is 0.230 e. The molecule has 1 fully saturated rings. The van der Waals surface area contributed by atoms with Crippen molar-refractivity contribution < 1.29 is 14.6 Å². The van der Waals surface area contributed by atoms with E-state index in [1.54, 1.807) is 0 Å². The number of hydrogen-bond acceptors (Lipinski definition) is 4. The van der Waals surface area contributed by atoms with Gasteiger partial charge in [0.25, 0.3) is 0 Å². The van der Waals surface area contributed by atoms with Crippen molar-refractivity contribution >= 4 is 5.91 Å². The van der Waals surface area contributed by atoms with Crippen LogP contribution in [0.5, 0.6) is 0 Å². The van der Waals surface area contributed by atoms with E-state index >= 15 is 0 Å². The summed E-state index contributed by atoms with van der Waals surface area (Å²) in [6, 6.07) is 7.13. The fourth-order valence-corrected chi connectivity index (χ4v) is 2.98. The summed E-state index contributed by atoms with van der Waals surface area (Å²) in [7, 11) is 0. The van der Waals surface area contributed by atoms with Gasteiger partial charge in [0.15, 0.2) is 0 Å². The number of carbonyl (C=O) groups excluding carboxylic acids is 1. The van der Waals surface area contributed by atoms with Crippen LogP contribution in [-0.2, 0) is 16.0 Å². The minimum atomic E-state index is -0.725. The van der Waals surface area contributed by atoms with Gasteiger partial charge in [-0.05, 0) is 18.1 Å². The van der Waals surface area contributed by atoms with E-state index in [0.29, 0.717) is 19.6 Å². The minimum Gasteiger partial charge on any atom is -0.390 e. The van der Waals surface area contributed by atoms with Crippen molar-refractivity contribution in [1.82, 2.24) is 5.32 Å². The number of rotatable bonds is 2. The van der Waals surface area contributed by atoms with Crippen molar-refractivity contribution in [2.24, 2.45) is 11.1 Å². The van der Waals surface area contributed by atoms with Crippen LogP contribution in [-0.4, -0.2) is 36.4 Å². The molecule has 1 saturated heterocycles. The monoisotopic (exact) mass is 276 g/mol. The fourth-order valence-electron chi connectivity index (χ4n) is 2.98. The molecule has 4 N–H and O–H groups in total. The maximum atomic E-state index is 12.5. The number of ether oxygens (including phenoxy) is 1. The van der Waals surface area contributed by atoms with Crippen molar-refractivity contribution in [1.29, 1.82) is 0 Å². The lowest BCUT2D eigenvalue weighted by Gasteiger charge is -2.28. The van der Waals surface area contributed by atoms with Crippen molar-refractivity contribution in [3.8, 4) is 0 Å². The van der Waals surface area contributed by atoms with E-state index in [1.165, 1.54) is 0 Å². The van der Waals surface area contributed by atoms with Gasteiger partial charge in [0.05, 0.1) is 30.8 Å². The van der Waals surface area contributed by atoms with Gasteiger partial charge in [-0.25, -0.2) is 0 Å². The van der Waals surface area contributed by atoms with E-state index in [2.05, 4.69) is 5.32 Å². The van der Waals surface area contributed by atoms with Gasteiger partial charge in [-0.3, -0.25) is 4.79 Å². The topological polar surface area (TPSA) is 84.6 Å². The number of aliphatic hydroxyl groups is 1. The lowest BCUT2D eigenvalue weighted by Crippen LogP contribution is -2.51. The second kappa shape index (κ2) is 4.84. The number of fused-ring (bicyclic) bond motifs is 1. The molecular weight excluding hydrogens is 256 g/mol. The van der Waals surface area contributed by atoms with Gasteiger partial charge in [0, 0.05) is 12.5 Å². The van der Waals surface area contributed by atoms with Crippen molar-refractivity contribution in [3.63, 3.8) is 0 Å². The lowest BCUT2D eigenvalue weighted by atomic mass is 9.84. The standard InChI is InChI=1S/C15H20N2O3/c1-15(8-20-7-12(15)16)14(19)17-13-10-5-3-2-4-9(10)6-11(13)18/h2-5,11-13,18H,6-8,16H2,1H3,(H,17,19)/t11-,12?,13+,15?/m1/s1. The molecule has 0 aromatic heterocycles. The highest BCUT2D eigenvalue weighted by Gasteiger charge is 2.46. The van der Waals surface area contributed by atoms with Crippen molar-refractivity contribution in [2.75, 3.05) is 13.2 Å². The largest absolute Gasteiger partial charge is 0.390 e. The van der Waals surface area contributed by atoms with Crippen molar-refractivity contribution in [3.05, 3.63) is 35.4 Å². The van der Waals surface area contributed by atoms with Crippen LogP contribution >= 0.6 is 0 Å². The summed E-state index contributed by atoms with van der Waals surface area (Å²) in [4.78, 5) is 12.5. The summed E-state index contributed by atoms with van der Waals surface area (Å²) in [6.45, 7) is 2.53. The molecule has 4 atom stereocenters. The van der Waals surface area contributed by atoms with Gasteiger partial charge in [-0.2, -0.15) is 0 Å². The molecule has 5 heteroatoms. The molecule has 1 amide bonds. The van der Waals surface area contributed by atoms with Crippen LogP contribution in [0.4, 0.5) is 0 Å². The normalized spacial score (nSPS) is 35.9. The first-order valence-corrected chi connectivity index (χ1v) is 6.92. The van der Waals surface area contributed by atoms with Crippen molar-refractivity contribution in [2.45, 2.75) is 31.5 Å². The van der Waals surface area contributed by atoms with Gasteiger partial charge in [-0.15, -0.1) is 0 Å². The third-order valence-corrected chi connectivity index (χ3v) is 4.53. The minimum absolute atomic E-state index is 0.150. The van der Waals surface area contributed by atoms with E-state index in [1.807, 2.05) is 31.2 Å². The summed E-state index contributed by atoms with van der Waals surface area (Å²) in [5, 5.41) is 13.1. The summed E-state index contributed by atoms with van der Waals surface area (Å²) >= 11 is 0. The Hall–Kier alpha value is -1.43. The fraction of sp³-hybridized carbons (Fsp3) is 0.533. The molecule has 108 valence electrons. The predicted molar refractivity (Wildman–Crippen MR) is 73.9 cm³/mol. The van der Waals surface area contributed by atoms with Gasteiger partial charge in [0.1, 0.15) is 0 Å². The molecule has 0 spiro atoms. The molecule has 0 saturated carbocycles. The zero-order valence-corrected chi connectivity index (χ0v) is 11.5. The molecule has 0 radical (unpaired) electrons. The average molecular weight is 276 g/mol. The van der Waals surface area contributed by atoms with Gasteiger partial charge in [-0.1, -0.05) is 24.3 Å². The maximum absolute atomic E-state index is 12.5. The van der Waals surface area contributed by atoms with E-state index in [0.717, 1.165) is 11.1 Å². The Morgan fingerprint density at radius 3 is 2.95 bits per heavy atom. The van der Waals surface area contributed by atoms with Crippen LogP contribution in [0.15, 0.2) is 24.3 Å². The number of nitrogens with one attached hydrogen (secondary N) is 1. The van der Waals surface area contributed by atoms with Crippen LogP contribution in [0.3, 0.4) is 0 Å². The second-order valence-corrected chi connectivity index (χ2v) is 5.96. The zero-order valence-electron chi connectivity index (χ0n) is 11.5. The Morgan fingerprint density at radius 2 is 2.25 bits per heavy atom. The Balaban J connectivity index is 1.80. The number of nitrogens with two attached hydrogens (primary N) is 1. The Bertz CT molecular complexity index is 534. The molecular formula is C15H20N2O3. The first kappa shape index (κ1) is 13.5. The molecule has 1 aromatic rings. The average Bonchev–Trinajstić information content (AvgIpc) is 2.92. The quantitative estimate of drug-likeness (QED) is 0.716. The third kappa shape index (κ3) is 2.02. The van der Waals surface area contributed by atoms with Gasteiger partial charge in [0.2, 0.25) is 5.91 Å². The van der Waals surface area contributed by atoms with E-state index in [-0.39, 0.29) is 18.0 Å². The Labute approximate surface area is 118 Å². The Morgan fingerprint density at radius 1 is 1.50 bits per heavy atom. The van der Waals surface area contributed by atoms with E-state index < -0.39 is 11.5 Å². The summed E-state index contributed by atoms with van der Waals surface area (Å²) in [5.41, 5.74) is 7.32. The number of hydrogen-bond donors (Lipinski definition) is 3. The van der Waals surface area contributed by atoms with E-state index in [9.17, 15) is 9.90 Å². The third-order valence-electron chi connectivity index (χ3n) is 4.53. The first-order valence-electron chi connectivity index (χ1n) is 6.92. The molecule has 2 unspecified atom stereocenters. The highest BCUT2D eigenvalue weighted by Crippen LogP contribution is 2.34. The lowest BCUT2D eigenvalue weighted by molar-refractivity contribution is -0.132. The van der Waals surface area contributed by atoms with Gasteiger partial charge >= 0.3 is 0 Å². The molecule has 1 aliphatic carbocycles. The van der Waals surface area contributed by atoms with Crippen LogP contribution in [0.25, 0.3) is 0 Å². The molecule has 5 nitrogen and oxygen atoms in total. The number of carbonyl (C=O) groups is 1. The van der Waals surface area contributed by atoms with Crippen LogP contribution in [0.1, 0.15) is 24.1 Å². The second-order valence-electron chi connectivity index (χ2n) is 5.96. The van der Waals surface area contributed by atoms with E-state index in [4.69, 9.17) is 10.5 Å². The SMILES string of the molecule is CC1(C(=O)N[C@H]2c3ccccc3C[C@H]2O)COCC1N.